The first kappa shape index (κ1) is 20.0. The first-order valence-electron chi connectivity index (χ1n) is 9.11. The molecule has 2 amide bonds. The minimum Gasteiger partial charge on any atom is -0.496 e. The summed E-state index contributed by atoms with van der Waals surface area (Å²) in [7, 11) is 3.05. The molecule has 3 rings (SSSR count). The lowest BCUT2D eigenvalue weighted by Gasteiger charge is -2.24. The maximum absolute atomic E-state index is 13.2. The summed E-state index contributed by atoms with van der Waals surface area (Å²) in [5.74, 6) is 0.659. The van der Waals surface area contributed by atoms with Crippen LogP contribution in [-0.4, -0.2) is 62.0 Å². The van der Waals surface area contributed by atoms with Crippen molar-refractivity contribution in [2.75, 3.05) is 40.4 Å². The van der Waals surface area contributed by atoms with Crippen LogP contribution in [0.4, 0.5) is 0 Å². The molecule has 2 aromatic rings. The first-order valence-corrected chi connectivity index (χ1v) is 9.48. The molecule has 1 aliphatic rings. The van der Waals surface area contributed by atoms with Crippen LogP contribution in [0.3, 0.4) is 0 Å². The molecule has 2 aromatic carbocycles. The standard InChI is InChI=1S/C21H23ClN2O4/c1-27-17-9-5-10-18(28-2)19(17)21(26)24-12-6-11-23(13-14-24)20(25)15-7-3-4-8-16(15)22/h3-5,7-10H,6,11-14H2,1-2H3. The van der Waals surface area contributed by atoms with Gasteiger partial charge in [0.15, 0.2) is 0 Å². The molecule has 148 valence electrons. The fourth-order valence-electron chi connectivity index (χ4n) is 3.35. The number of nitrogens with zero attached hydrogens (tertiary/aromatic N) is 2. The van der Waals surface area contributed by atoms with Gasteiger partial charge in [-0.05, 0) is 30.7 Å². The van der Waals surface area contributed by atoms with E-state index in [1.807, 2.05) is 0 Å². The quantitative estimate of drug-likeness (QED) is 0.787. The number of carbonyl (C=O) groups is 2. The van der Waals surface area contributed by atoms with E-state index in [1.54, 1.807) is 52.3 Å². The number of rotatable bonds is 4. The van der Waals surface area contributed by atoms with Gasteiger partial charge in [0.05, 0.1) is 24.8 Å². The highest BCUT2D eigenvalue weighted by Crippen LogP contribution is 2.30. The Morgan fingerprint density at radius 1 is 0.821 bits per heavy atom. The number of halogens is 1. The van der Waals surface area contributed by atoms with E-state index in [9.17, 15) is 9.59 Å². The minimum atomic E-state index is -0.165. The summed E-state index contributed by atoms with van der Waals surface area (Å²) in [5.41, 5.74) is 0.883. The highest BCUT2D eigenvalue weighted by atomic mass is 35.5. The van der Waals surface area contributed by atoms with Gasteiger partial charge in [0.2, 0.25) is 0 Å². The number of hydrogen-bond donors (Lipinski definition) is 0. The van der Waals surface area contributed by atoms with Gasteiger partial charge in [0, 0.05) is 26.2 Å². The predicted molar refractivity (Wildman–Crippen MR) is 107 cm³/mol. The molecule has 0 aromatic heterocycles. The average molecular weight is 403 g/mol. The van der Waals surface area contributed by atoms with Crippen molar-refractivity contribution in [1.82, 2.24) is 9.80 Å². The van der Waals surface area contributed by atoms with Gasteiger partial charge in [0.1, 0.15) is 17.1 Å². The molecule has 0 atom stereocenters. The van der Waals surface area contributed by atoms with Crippen molar-refractivity contribution in [3.8, 4) is 11.5 Å². The van der Waals surface area contributed by atoms with Crippen molar-refractivity contribution in [2.45, 2.75) is 6.42 Å². The summed E-state index contributed by atoms with van der Waals surface area (Å²) >= 11 is 6.17. The molecule has 1 aliphatic heterocycles. The molecule has 1 saturated heterocycles. The molecular formula is C21H23ClN2O4. The van der Waals surface area contributed by atoms with Crippen LogP contribution in [0.5, 0.6) is 11.5 Å². The van der Waals surface area contributed by atoms with Gasteiger partial charge in [0.25, 0.3) is 11.8 Å². The molecular weight excluding hydrogens is 380 g/mol. The van der Waals surface area contributed by atoms with Crippen LogP contribution in [-0.2, 0) is 0 Å². The Bertz CT molecular complexity index is 849. The van der Waals surface area contributed by atoms with Crippen LogP contribution < -0.4 is 9.47 Å². The Kier molecular flexibility index (Phi) is 6.41. The topological polar surface area (TPSA) is 59.1 Å². The fraction of sp³-hybridized carbons (Fsp3) is 0.333. The Morgan fingerprint density at radius 3 is 1.96 bits per heavy atom. The van der Waals surface area contributed by atoms with Gasteiger partial charge < -0.3 is 19.3 Å². The molecule has 7 heteroatoms. The molecule has 0 bridgehead atoms. The van der Waals surface area contributed by atoms with Gasteiger partial charge in [-0.3, -0.25) is 9.59 Å². The van der Waals surface area contributed by atoms with Crippen LogP contribution in [0.1, 0.15) is 27.1 Å². The SMILES string of the molecule is COc1cccc(OC)c1C(=O)N1CCCN(C(=O)c2ccccc2Cl)CC1. The smallest absolute Gasteiger partial charge is 0.261 e. The lowest BCUT2D eigenvalue weighted by molar-refractivity contribution is 0.0715. The van der Waals surface area contributed by atoms with Crippen molar-refractivity contribution in [3.05, 3.63) is 58.6 Å². The maximum Gasteiger partial charge on any atom is 0.261 e. The second-order valence-corrected chi connectivity index (χ2v) is 6.86. The summed E-state index contributed by atoms with van der Waals surface area (Å²) in [6.07, 6.45) is 0.680. The lowest BCUT2D eigenvalue weighted by Crippen LogP contribution is -2.37. The number of hydrogen-bond acceptors (Lipinski definition) is 4. The van der Waals surface area contributed by atoms with Crippen LogP contribution in [0, 0.1) is 0 Å². The number of amides is 2. The molecule has 28 heavy (non-hydrogen) atoms. The van der Waals surface area contributed by atoms with E-state index >= 15 is 0 Å². The molecule has 0 unspecified atom stereocenters. The Hall–Kier alpha value is -2.73. The molecule has 1 heterocycles. The first-order chi connectivity index (χ1) is 13.6. The molecule has 0 radical (unpaired) electrons. The van der Waals surface area contributed by atoms with Gasteiger partial charge in [-0.25, -0.2) is 0 Å². The van der Waals surface area contributed by atoms with Crippen LogP contribution >= 0.6 is 11.6 Å². The molecule has 1 fully saturated rings. The zero-order valence-corrected chi connectivity index (χ0v) is 16.7. The van der Waals surface area contributed by atoms with Crippen LogP contribution in [0.15, 0.2) is 42.5 Å². The second kappa shape index (κ2) is 8.97. The summed E-state index contributed by atoms with van der Waals surface area (Å²) in [6.45, 7) is 1.98. The Balaban J connectivity index is 1.76. The van der Waals surface area contributed by atoms with Gasteiger partial charge in [-0.2, -0.15) is 0 Å². The van der Waals surface area contributed by atoms with E-state index in [-0.39, 0.29) is 11.8 Å². The number of benzene rings is 2. The maximum atomic E-state index is 13.2. The van der Waals surface area contributed by atoms with Crippen LogP contribution in [0.2, 0.25) is 5.02 Å². The van der Waals surface area contributed by atoms with E-state index < -0.39 is 0 Å². The summed E-state index contributed by atoms with van der Waals surface area (Å²) in [6, 6.07) is 12.3. The highest BCUT2D eigenvalue weighted by Gasteiger charge is 2.27. The monoisotopic (exact) mass is 402 g/mol. The normalized spacial score (nSPS) is 14.4. The molecule has 0 aliphatic carbocycles. The van der Waals surface area contributed by atoms with Crippen LogP contribution in [0.25, 0.3) is 0 Å². The fourth-order valence-corrected chi connectivity index (χ4v) is 3.57. The Labute approximate surface area is 169 Å². The van der Waals surface area contributed by atoms with E-state index in [4.69, 9.17) is 21.1 Å². The number of methoxy groups -OCH3 is 2. The zero-order valence-electron chi connectivity index (χ0n) is 16.0. The van der Waals surface area contributed by atoms with Crippen molar-refractivity contribution in [2.24, 2.45) is 0 Å². The predicted octanol–water partition coefficient (Wildman–Crippen LogP) is 3.35. The van der Waals surface area contributed by atoms with E-state index in [0.29, 0.717) is 60.2 Å². The van der Waals surface area contributed by atoms with Crippen molar-refractivity contribution >= 4 is 23.4 Å². The van der Waals surface area contributed by atoms with E-state index in [2.05, 4.69) is 0 Å². The van der Waals surface area contributed by atoms with Gasteiger partial charge in [-0.1, -0.05) is 29.8 Å². The average Bonchev–Trinajstić information content (AvgIpc) is 2.98. The third kappa shape index (κ3) is 4.07. The van der Waals surface area contributed by atoms with Gasteiger partial charge in [-0.15, -0.1) is 0 Å². The zero-order chi connectivity index (χ0) is 20.1. The lowest BCUT2D eigenvalue weighted by atomic mass is 10.1. The largest absolute Gasteiger partial charge is 0.496 e. The third-order valence-electron chi connectivity index (χ3n) is 4.82. The van der Waals surface area contributed by atoms with Gasteiger partial charge >= 0.3 is 0 Å². The van der Waals surface area contributed by atoms with Crippen molar-refractivity contribution in [3.63, 3.8) is 0 Å². The summed E-state index contributed by atoms with van der Waals surface area (Å²) in [5, 5.41) is 0.434. The third-order valence-corrected chi connectivity index (χ3v) is 5.15. The number of ether oxygens (including phenoxy) is 2. The molecule has 0 spiro atoms. The molecule has 6 nitrogen and oxygen atoms in total. The molecule has 0 N–H and O–H groups in total. The molecule has 0 saturated carbocycles. The second-order valence-electron chi connectivity index (χ2n) is 6.46. The number of carbonyl (C=O) groups excluding carboxylic acids is 2. The van der Waals surface area contributed by atoms with Crippen molar-refractivity contribution < 1.29 is 19.1 Å². The van der Waals surface area contributed by atoms with E-state index in [0.717, 1.165) is 0 Å². The summed E-state index contributed by atoms with van der Waals surface area (Å²) < 4.78 is 10.7. The Morgan fingerprint density at radius 2 is 1.39 bits per heavy atom. The minimum absolute atomic E-state index is 0.116. The van der Waals surface area contributed by atoms with Crippen molar-refractivity contribution in [1.29, 1.82) is 0 Å². The van der Waals surface area contributed by atoms with E-state index in [1.165, 1.54) is 14.2 Å². The highest BCUT2D eigenvalue weighted by molar-refractivity contribution is 6.33. The summed E-state index contributed by atoms with van der Waals surface area (Å²) in [4.78, 5) is 29.5.